The van der Waals surface area contributed by atoms with Crippen molar-refractivity contribution >= 4 is 181 Å². The average molecular weight is 1660 g/mol. The number of anilines is 19. The van der Waals surface area contributed by atoms with E-state index in [0.29, 0.717) is 71.8 Å². The third-order valence-corrected chi connectivity index (χ3v) is 16.8. The zero-order valence-electron chi connectivity index (χ0n) is 61.8. The van der Waals surface area contributed by atoms with E-state index in [1.807, 2.05) is 131 Å². The third-order valence-electron chi connectivity index (χ3n) is 15.6. The summed E-state index contributed by atoms with van der Waals surface area (Å²) in [5, 5.41) is 37.5. The Kier molecular flexibility index (Phi) is 34.4. The molecule has 4 atom stereocenters. The quantitative estimate of drug-likeness (QED) is 0.0127. The first kappa shape index (κ1) is 89.6. The van der Waals surface area contributed by atoms with Gasteiger partial charge in [-0.2, -0.15) is 59.8 Å². The zero-order chi connectivity index (χ0) is 77.0. The van der Waals surface area contributed by atoms with Gasteiger partial charge in [-0.1, -0.05) is 97.1 Å². The van der Waals surface area contributed by atoms with Crippen LogP contribution in [-0.2, 0) is 45.4 Å². The number of rotatable bonds is 33. The van der Waals surface area contributed by atoms with E-state index in [2.05, 4.69) is 87.7 Å². The summed E-state index contributed by atoms with van der Waals surface area (Å²) >= 11 is -12.2. The van der Waals surface area contributed by atoms with Crippen molar-refractivity contribution in [2.45, 2.75) is 6.92 Å². The molecule has 566 valence electrons. The number of aliphatic hydroxyl groups is 1. The van der Waals surface area contributed by atoms with Gasteiger partial charge in [0.2, 0.25) is 65.4 Å². The van der Waals surface area contributed by atoms with Crippen LogP contribution < -0.4 is 193 Å². The molecule has 12 aromatic rings. The molecule has 13 rings (SSSR count). The van der Waals surface area contributed by atoms with Crippen LogP contribution >= 0.6 is 0 Å². The van der Waals surface area contributed by atoms with Gasteiger partial charge in [-0.05, 0) is 104 Å². The normalized spacial score (nSPS) is 12.7. The number of aliphatic hydroxyl groups excluding tert-OH is 1. The Balaban J connectivity index is 0.00000378. The van der Waals surface area contributed by atoms with E-state index < -0.39 is 45.4 Å². The molecule has 0 spiro atoms. The van der Waals surface area contributed by atoms with E-state index in [-0.39, 0.29) is 242 Å². The van der Waals surface area contributed by atoms with Crippen molar-refractivity contribution in [1.29, 1.82) is 0 Å². The molecule has 4 unspecified atom stereocenters. The Hall–Kier alpha value is -9.32. The fourth-order valence-corrected chi connectivity index (χ4v) is 11.9. The van der Waals surface area contributed by atoms with Gasteiger partial charge in [-0.15, -0.1) is 0 Å². The summed E-state index contributed by atoms with van der Waals surface area (Å²) < 4.78 is 118. The number of hydrogen-bond acceptors (Lipinski definition) is 36. The summed E-state index contributed by atoms with van der Waals surface area (Å²) in [5.41, 5.74) is 5.09. The summed E-state index contributed by atoms with van der Waals surface area (Å²) in [6, 6.07) is 55.2. The van der Waals surface area contributed by atoms with E-state index >= 15 is 0 Å². The van der Waals surface area contributed by atoms with E-state index in [1.54, 1.807) is 55.5 Å². The maximum Gasteiger partial charge on any atom is 1.00 e. The first-order chi connectivity index (χ1) is 54.0. The van der Waals surface area contributed by atoms with Gasteiger partial charge in [0.25, 0.3) is 0 Å². The summed E-state index contributed by atoms with van der Waals surface area (Å²) in [6.45, 7) is 2.94. The van der Waals surface area contributed by atoms with Crippen LogP contribution in [0.3, 0.4) is 0 Å². The van der Waals surface area contributed by atoms with Gasteiger partial charge in [0.15, 0.2) is 0 Å². The molecule has 0 aliphatic carbocycles. The Bertz CT molecular complexity index is 5450. The molecule has 0 amide bonds. The molecule has 10 N–H and O–H groups in total. The summed E-state index contributed by atoms with van der Waals surface area (Å²) in [5.74, 6) is 1.67. The minimum atomic E-state index is -3.07. The predicted octanol–water partition coefficient (Wildman–Crippen LogP) is -1.54. The second-order valence-corrected chi connectivity index (χ2v) is 25.6. The van der Waals surface area contributed by atoms with Gasteiger partial charge in [-0.3, -0.25) is 0 Å². The van der Waals surface area contributed by atoms with Crippen molar-refractivity contribution < 1.29 is 175 Å². The first-order valence-corrected chi connectivity index (χ1v) is 37.2. The second-order valence-electron chi connectivity index (χ2n) is 23.3. The number of benzene rings is 8. The number of aryl methyl sites for hydroxylation is 1. The Morgan fingerprint density at radius 3 is 0.800 bits per heavy atom. The molecule has 1 aliphatic rings. The molecule has 0 radical (unpaired) electrons. The zero-order valence-corrected chi connectivity index (χ0v) is 73.0. The molecule has 4 aromatic heterocycles. The van der Waals surface area contributed by atoms with Gasteiger partial charge >= 0.3 is 118 Å². The number of hydrogen-bond donors (Lipinski definition) is 10. The van der Waals surface area contributed by atoms with Crippen LogP contribution in [0.4, 0.5) is 111 Å². The van der Waals surface area contributed by atoms with Crippen molar-refractivity contribution in [3.63, 3.8) is 0 Å². The summed E-state index contributed by atoms with van der Waals surface area (Å²) in [4.78, 5) is 58.9. The Labute approximate surface area is 756 Å². The van der Waals surface area contributed by atoms with E-state index in [9.17, 15) is 40.2 Å². The second kappa shape index (κ2) is 44.1. The fraction of sp³-hybridized carbons (Fsp3) is 0.0986. The van der Waals surface area contributed by atoms with E-state index in [4.69, 9.17) is 36.7 Å². The van der Waals surface area contributed by atoms with Crippen LogP contribution in [0.5, 0.6) is 23.0 Å². The van der Waals surface area contributed by atoms with Crippen LogP contribution in [-0.4, -0.2) is 139 Å². The molecule has 0 saturated carbocycles. The number of nitrogens with one attached hydrogen (secondary N) is 9. The average Bonchev–Trinajstić information content (AvgIpc) is 0.808. The maximum absolute atomic E-state index is 12.2. The third kappa shape index (κ3) is 26.9. The maximum atomic E-state index is 12.2. The molecule has 115 heavy (non-hydrogen) atoms. The SMILES string of the molecule is Cc1nc(Nc2ccccc2)nc(Nc2ccc(/C=C/c3ccc(Nc4nc(Nc5ccccc5)nc(N5CCN(c6nc(Nc7ccccc7)nc(Nc7ccc(/C=C/c8ccc(Nc9nc(NCCO)nc(Nc%10ccccc%10)n9)cc8OS(=O)[O-])c(OS(=O)[O-])c7)n6)CC5)n4)cc3OS(=O)[O-])c(OS(=O)[O-])c2)n1.[Na+].[Na+].[Na+].[Na+]. The Morgan fingerprint density at radius 2 is 0.557 bits per heavy atom. The van der Waals surface area contributed by atoms with Crippen molar-refractivity contribution in [3.05, 3.63) is 222 Å². The van der Waals surface area contributed by atoms with Crippen LogP contribution in [0, 0.1) is 6.92 Å². The monoisotopic (exact) mass is 1660 g/mol. The topological polar surface area (TPSA) is 487 Å². The molecule has 1 fully saturated rings. The largest absolute Gasteiger partial charge is 1.00 e. The van der Waals surface area contributed by atoms with Crippen LogP contribution in [0.25, 0.3) is 24.3 Å². The minimum Gasteiger partial charge on any atom is -0.740 e. The molecule has 1 aliphatic heterocycles. The molecule has 1 saturated heterocycles. The summed E-state index contributed by atoms with van der Waals surface area (Å²) in [6.07, 6.45) is 6.01. The molecular weight excluding hydrogens is 1600 g/mol. The molecular formula is C71H61N23Na4O13S4. The summed E-state index contributed by atoms with van der Waals surface area (Å²) in [7, 11) is 0. The Morgan fingerprint density at radius 1 is 0.330 bits per heavy atom. The molecule has 44 heteroatoms. The molecule has 36 nitrogen and oxygen atoms in total. The van der Waals surface area contributed by atoms with Crippen molar-refractivity contribution in [2.24, 2.45) is 0 Å². The van der Waals surface area contributed by atoms with Gasteiger partial charge in [0.05, 0.1) is 6.61 Å². The standard InChI is InChI=1S/C71H65N23O13S4.4Na/c1-44-73-62(75-49-14-6-2-7-15-49)85-63(74-44)79-53-30-26-45(57(40-53)104-108(96)97)22-24-47-28-32-55(42-59(47)106-110(100)101)81-68-87-66(77-51-18-10-4-11-19-51)89-70(91-68)93-35-37-94(38-36-93)71-90-67(78-52-20-12-5-13-21-52)88-69(92-71)82-56-33-29-48(60(43-56)107-111(102)103)25-23-46-27-31-54(41-58(46)105-109(98)99)80-65-84-61(72-34-39-95)83-64(86-65)76-50-16-8-3-9-17-50;;;;/h2-33,40-43,95H,34-39H2,1H3,(H,96,97)(H,98,99)(H,100,101)(H,102,103)(H2,73,74,75,79,85)(H2,77,81,87,89,91)(H2,78,82,88,90,92)(H3,72,76,80,83,84,86);;;;/q;4*+1/p-4/b24-22+,25-23+;;;;. The van der Waals surface area contributed by atoms with Gasteiger partial charge in [-0.25, -0.2) is 16.8 Å². The molecule has 0 bridgehead atoms. The van der Waals surface area contributed by atoms with Crippen LogP contribution in [0.1, 0.15) is 28.1 Å². The van der Waals surface area contributed by atoms with E-state index in [0.717, 1.165) is 5.69 Å². The van der Waals surface area contributed by atoms with Crippen molar-refractivity contribution in [2.75, 3.05) is 97.0 Å². The molecule has 5 heterocycles. The van der Waals surface area contributed by atoms with Crippen molar-refractivity contribution in [1.82, 2.24) is 59.8 Å². The molecule has 8 aromatic carbocycles. The van der Waals surface area contributed by atoms with Crippen molar-refractivity contribution in [3.8, 4) is 23.0 Å². The fourth-order valence-electron chi connectivity index (χ4n) is 10.7. The van der Waals surface area contributed by atoms with E-state index in [1.165, 1.54) is 48.6 Å². The first-order valence-electron chi connectivity index (χ1n) is 33.2. The van der Waals surface area contributed by atoms with Crippen LogP contribution in [0.15, 0.2) is 194 Å². The number of nitrogens with zero attached hydrogens (tertiary/aromatic N) is 14. The van der Waals surface area contributed by atoms with Gasteiger partial charge in [0.1, 0.15) is 74.3 Å². The van der Waals surface area contributed by atoms with Gasteiger partial charge in [0, 0.05) is 125 Å². The minimum absolute atomic E-state index is 0. The number of piperazine rings is 1. The van der Waals surface area contributed by atoms with Crippen LogP contribution in [0.2, 0.25) is 0 Å². The smallest absolute Gasteiger partial charge is 0.740 e. The number of para-hydroxylation sites is 4. The number of aromatic nitrogens is 12. The van der Waals surface area contributed by atoms with Gasteiger partial charge < -0.3 is 97.7 Å². The predicted molar refractivity (Wildman–Crippen MR) is 418 cm³/mol.